The summed E-state index contributed by atoms with van der Waals surface area (Å²) in [5, 5.41) is 3.77. The van der Waals surface area contributed by atoms with Crippen LogP contribution in [0.5, 0.6) is 0 Å². The van der Waals surface area contributed by atoms with Gasteiger partial charge in [0.1, 0.15) is 0 Å². The minimum atomic E-state index is -0.446. The normalized spacial score (nSPS) is 19.3. The molecular formula is C18H28ClN3O. The van der Waals surface area contributed by atoms with Crippen molar-refractivity contribution in [3.8, 4) is 0 Å². The Morgan fingerprint density at radius 1 is 1.39 bits per heavy atom. The number of carbonyl (C=O) groups excluding carboxylic acids is 1. The highest BCUT2D eigenvalue weighted by molar-refractivity contribution is 6.30. The van der Waals surface area contributed by atoms with Gasteiger partial charge in [0.25, 0.3) is 0 Å². The molecule has 1 aliphatic rings. The van der Waals surface area contributed by atoms with Gasteiger partial charge in [-0.05, 0) is 49.5 Å². The first-order valence-electron chi connectivity index (χ1n) is 8.55. The van der Waals surface area contributed by atoms with Crippen LogP contribution in [-0.4, -0.2) is 36.5 Å². The van der Waals surface area contributed by atoms with Crippen molar-refractivity contribution in [1.82, 2.24) is 10.2 Å². The maximum Gasteiger partial charge on any atom is 0.237 e. The van der Waals surface area contributed by atoms with Gasteiger partial charge in [-0.1, -0.05) is 44.0 Å². The zero-order chi connectivity index (χ0) is 16.8. The van der Waals surface area contributed by atoms with Crippen LogP contribution in [-0.2, 0) is 4.79 Å². The maximum absolute atomic E-state index is 12.3. The van der Waals surface area contributed by atoms with Gasteiger partial charge in [0, 0.05) is 11.6 Å². The fourth-order valence-electron chi connectivity index (χ4n) is 3.05. The summed E-state index contributed by atoms with van der Waals surface area (Å²) < 4.78 is 0. The van der Waals surface area contributed by atoms with Gasteiger partial charge in [0.05, 0.1) is 12.1 Å². The number of halogens is 1. The highest BCUT2D eigenvalue weighted by Gasteiger charge is 2.26. The Morgan fingerprint density at radius 2 is 2.09 bits per heavy atom. The molecule has 1 aromatic carbocycles. The third kappa shape index (κ3) is 4.93. The van der Waals surface area contributed by atoms with Crippen LogP contribution in [0.15, 0.2) is 24.3 Å². The van der Waals surface area contributed by atoms with E-state index in [9.17, 15) is 4.79 Å². The van der Waals surface area contributed by atoms with Crippen LogP contribution in [0.4, 0.5) is 0 Å². The summed E-state index contributed by atoms with van der Waals surface area (Å²) in [5.41, 5.74) is 7.18. The summed E-state index contributed by atoms with van der Waals surface area (Å²) in [4.78, 5) is 14.7. The molecule has 3 unspecified atom stereocenters. The molecule has 23 heavy (non-hydrogen) atoms. The molecule has 2 rings (SSSR count). The van der Waals surface area contributed by atoms with Gasteiger partial charge in [-0.3, -0.25) is 9.69 Å². The van der Waals surface area contributed by atoms with Gasteiger partial charge in [0.2, 0.25) is 5.91 Å². The van der Waals surface area contributed by atoms with Crippen molar-refractivity contribution < 1.29 is 4.79 Å². The van der Waals surface area contributed by atoms with E-state index in [0.717, 1.165) is 30.1 Å². The van der Waals surface area contributed by atoms with Gasteiger partial charge in [0.15, 0.2) is 0 Å². The number of benzene rings is 1. The molecule has 1 aliphatic heterocycles. The van der Waals surface area contributed by atoms with E-state index in [0.29, 0.717) is 6.54 Å². The second-order valence-electron chi connectivity index (χ2n) is 6.47. The Morgan fingerprint density at radius 3 is 2.70 bits per heavy atom. The number of hydrogen-bond donors (Lipinski definition) is 2. The Kier molecular flexibility index (Phi) is 6.88. The summed E-state index contributed by atoms with van der Waals surface area (Å²) in [7, 11) is 0. The van der Waals surface area contributed by atoms with Gasteiger partial charge in [-0.25, -0.2) is 0 Å². The van der Waals surface area contributed by atoms with E-state index in [2.05, 4.69) is 23.2 Å². The molecule has 4 nitrogen and oxygen atoms in total. The summed E-state index contributed by atoms with van der Waals surface area (Å²) >= 11 is 6.14. The van der Waals surface area contributed by atoms with Gasteiger partial charge < -0.3 is 11.1 Å². The number of hydrogen-bond acceptors (Lipinski definition) is 3. The average Bonchev–Trinajstić information content (AvgIpc) is 3.07. The number of nitrogens with two attached hydrogens (primary N) is 1. The molecule has 3 N–H and O–H groups in total. The van der Waals surface area contributed by atoms with Crippen molar-refractivity contribution in [1.29, 1.82) is 0 Å². The van der Waals surface area contributed by atoms with Gasteiger partial charge in [-0.15, -0.1) is 0 Å². The summed E-state index contributed by atoms with van der Waals surface area (Å²) in [6, 6.07) is 7.63. The predicted octanol–water partition coefficient (Wildman–Crippen LogP) is 2.97. The smallest absolute Gasteiger partial charge is 0.237 e. The van der Waals surface area contributed by atoms with Crippen LogP contribution in [0, 0.1) is 5.92 Å². The second kappa shape index (κ2) is 8.67. The molecule has 0 aliphatic carbocycles. The van der Waals surface area contributed by atoms with Gasteiger partial charge >= 0.3 is 0 Å². The van der Waals surface area contributed by atoms with Crippen LogP contribution >= 0.6 is 11.6 Å². The second-order valence-corrected chi connectivity index (χ2v) is 6.91. The largest absolute Gasteiger partial charge is 0.353 e. The quantitative estimate of drug-likeness (QED) is 0.804. The zero-order valence-electron chi connectivity index (χ0n) is 14.1. The minimum Gasteiger partial charge on any atom is -0.353 e. The number of carbonyl (C=O) groups is 1. The standard InChI is InChI=1S/C18H28ClN3O/c1-3-13(2)17(20)18(23)21-12-16(22-9-4-5-10-22)14-7-6-8-15(19)11-14/h6-8,11,13,16-17H,3-5,9-10,12,20H2,1-2H3,(H,21,23). The maximum atomic E-state index is 12.3. The predicted molar refractivity (Wildman–Crippen MR) is 95.4 cm³/mol. The molecular weight excluding hydrogens is 310 g/mol. The highest BCUT2D eigenvalue weighted by Crippen LogP contribution is 2.26. The first kappa shape index (κ1) is 18.2. The van der Waals surface area contributed by atoms with E-state index < -0.39 is 6.04 Å². The Balaban J connectivity index is 2.05. The van der Waals surface area contributed by atoms with E-state index in [-0.39, 0.29) is 17.9 Å². The number of likely N-dealkylation sites (tertiary alicyclic amines) is 1. The van der Waals surface area contributed by atoms with Crippen LogP contribution in [0.25, 0.3) is 0 Å². The lowest BCUT2D eigenvalue weighted by Crippen LogP contribution is -2.47. The number of amides is 1. The molecule has 128 valence electrons. The molecule has 3 atom stereocenters. The van der Waals surface area contributed by atoms with E-state index in [1.807, 2.05) is 25.1 Å². The van der Waals surface area contributed by atoms with E-state index in [1.54, 1.807) is 0 Å². The van der Waals surface area contributed by atoms with Crippen molar-refractivity contribution in [2.75, 3.05) is 19.6 Å². The van der Waals surface area contributed by atoms with Crippen molar-refractivity contribution in [3.63, 3.8) is 0 Å². The van der Waals surface area contributed by atoms with Crippen LogP contribution < -0.4 is 11.1 Å². The summed E-state index contributed by atoms with van der Waals surface area (Å²) in [6.07, 6.45) is 3.31. The SMILES string of the molecule is CCC(C)C(N)C(=O)NCC(c1cccc(Cl)c1)N1CCCC1. The molecule has 0 spiro atoms. The molecule has 1 amide bonds. The van der Waals surface area contributed by atoms with E-state index >= 15 is 0 Å². The van der Waals surface area contributed by atoms with Crippen molar-refractivity contribution >= 4 is 17.5 Å². The molecule has 1 heterocycles. The third-order valence-corrected chi connectivity index (χ3v) is 5.08. The molecule has 0 saturated carbocycles. The molecule has 0 aromatic heterocycles. The number of nitrogens with one attached hydrogen (secondary N) is 1. The van der Waals surface area contributed by atoms with Crippen LogP contribution in [0.2, 0.25) is 5.02 Å². The Labute approximate surface area is 144 Å². The summed E-state index contributed by atoms with van der Waals surface area (Å²) in [6.45, 7) is 6.76. The third-order valence-electron chi connectivity index (χ3n) is 4.84. The first-order chi connectivity index (χ1) is 11.0. The van der Waals surface area contributed by atoms with E-state index in [4.69, 9.17) is 17.3 Å². The molecule has 1 aromatic rings. The molecule has 0 bridgehead atoms. The van der Waals surface area contributed by atoms with Crippen molar-refractivity contribution in [2.24, 2.45) is 11.7 Å². The number of rotatable bonds is 7. The zero-order valence-corrected chi connectivity index (χ0v) is 14.9. The monoisotopic (exact) mass is 337 g/mol. The number of nitrogens with zero attached hydrogens (tertiary/aromatic N) is 1. The fourth-order valence-corrected chi connectivity index (χ4v) is 3.25. The van der Waals surface area contributed by atoms with Crippen LogP contribution in [0.3, 0.4) is 0 Å². The lowest BCUT2D eigenvalue weighted by molar-refractivity contribution is -0.123. The molecule has 1 fully saturated rings. The van der Waals surface area contributed by atoms with Crippen molar-refractivity contribution in [2.45, 2.75) is 45.2 Å². The summed E-state index contributed by atoms with van der Waals surface area (Å²) in [5.74, 6) is 0.122. The molecule has 1 saturated heterocycles. The topological polar surface area (TPSA) is 58.4 Å². The van der Waals surface area contributed by atoms with Gasteiger partial charge in [-0.2, -0.15) is 0 Å². The van der Waals surface area contributed by atoms with Crippen LogP contribution in [0.1, 0.15) is 44.7 Å². The van der Waals surface area contributed by atoms with E-state index in [1.165, 1.54) is 12.8 Å². The Bertz CT molecular complexity index is 517. The molecule has 0 radical (unpaired) electrons. The highest BCUT2D eigenvalue weighted by atomic mass is 35.5. The molecule has 5 heteroatoms. The average molecular weight is 338 g/mol. The first-order valence-corrected chi connectivity index (χ1v) is 8.93. The minimum absolute atomic E-state index is 0.0643. The lowest BCUT2D eigenvalue weighted by Gasteiger charge is -2.29. The fraction of sp³-hybridized carbons (Fsp3) is 0.611. The van der Waals surface area contributed by atoms with Crippen molar-refractivity contribution in [3.05, 3.63) is 34.9 Å². The Hall–Kier alpha value is -1.10. The lowest BCUT2D eigenvalue weighted by atomic mass is 9.99.